The summed E-state index contributed by atoms with van der Waals surface area (Å²) in [7, 11) is 0. The Hall–Kier alpha value is -1.59. The minimum Gasteiger partial charge on any atom is -0.383 e. The number of pyridine rings is 1. The molecule has 4 nitrogen and oxygen atoms in total. The van der Waals surface area contributed by atoms with Crippen LogP contribution in [-0.4, -0.2) is 10.9 Å². The Morgan fingerprint density at radius 1 is 1.39 bits per heavy atom. The molecular formula is C12H9BrClN3O. The van der Waals surface area contributed by atoms with Crippen LogP contribution in [0.25, 0.3) is 0 Å². The van der Waals surface area contributed by atoms with Gasteiger partial charge in [-0.15, -0.1) is 0 Å². The summed E-state index contributed by atoms with van der Waals surface area (Å²) in [5.74, 6) is -0.122. The van der Waals surface area contributed by atoms with Crippen molar-refractivity contribution in [3.05, 3.63) is 51.6 Å². The van der Waals surface area contributed by atoms with Crippen molar-refractivity contribution < 1.29 is 4.79 Å². The van der Waals surface area contributed by atoms with Crippen LogP contribution in [0.5, 0.6) is 0 Å². The maximum atomic E-state index is 12.0. The van der Waals surface area contributed by atoms with Crippen LogP contribution in [0.4, 0.5) is 11.5 Å². The lowest BCUT2D eigenvalue weighted by Gasteiger charge is -2.08. The van der Waals surface area contributed by atoms with Crippen LogP contribution in [0, 0.1) is 0 Å². The van der Waals surface area contributed by atoms with Gasteiger partial charge in [0, 0.05) is 15.7 Å². The number of aromatic nitrogens is 1. The molecule has 0 aliphatic carbocycles. The molecule has 1 aromatic carbocycles. The third-order valence-electron chi connectivity index (χ3n) is 2.26. The highest BCUT2D eigenvalue weighted by molar-refractivity contribution is 9.10. The highest BCUT2D eigenvalue weighted by atomic mass is 79.9. The molecule has 0 aliphatic rings. The van der Waals surface area contributed by atoms with Crippen LogP contribution in [0.15, 0.2) is 41.0 Å². The van der Waals surface area contributed by atoms with Crippen LogP contribution < -0.4 is 11.1 Å². The predicted molar refractivity (Wildman–Crippen MR) is 75.8 cm³/mol. The van der Waals surface area contributed by atoms with Gasteiger partial charge in [0.05, 0.1) is 11.3 Å². The zero-order valence-electron chi connectivity index (χ0n) is 9.15. The van der Waals surface area contributed by atoms with Gasteiger partial charge in [-0.05, 0) is 46.3 Å². The molecule has 3 N–H and O–H groups in total. The minimum absolute atomic E-state index is 0.195. The predicted octanol–water partition coefficient (Wildman–Crippen LogP) is 3.33. The Morgan fingerprint density at radius 3 is 2.83 bits per heavy atom. The van der Waals surface area contributed by atoms with Gasteiger partial charge in [-0.2, -0.15) is 0 Å². The fourth-order valence-corrected chi connectivity index (χ4v) is 2.17. The molecule has 0 bridgehead atoms. The highest BCUT2D eigenvalue weighted by Crippen LogP contribution is 2.26. The Bertz CT molecular complexity index is 604. The number of nitrogens with zero attached hydrogens (tertiary/aromatic N) is 1. The van der Waals surface area contributed by atoms with E-state index in [-0.39, 0.29) is 11.7 Å². The number of nitrogens with one attached hydrogen (secondary N) is 1. The standard InChI is InChI=1S/C12H9BrClN3O/c13-9-6-7(14)3-4-10(9)17-12(18)8-2-1-5-16-11(8)15/h1-6H,(H2,15,16)(H,17,18). The van der Waals surface area contributed by atoms with Crippen LogP contribution in [0.2, 0.25) is 5.02 Å². The Morgan fingerprint density at radius 2 is 2.17 bits per heavy atom. The van der Waals surface area contributed by atoms with Crippen molar-refractivity contribution in [2.24, 2.45) is 0 Å². The normalized spacial score (nSPS) is 10.1. The number of amides is 1. The van der Waals surface area contributed by atoms with E-state index in [1.165, 1.54) is 6.20 Å². The van der Waals surface area contributed by atoms with E-state index in [0.29, 0.717) is 20.7 Å². The average Bonchev–Trinajstić information content (AvgIpc) is 2.33. The molecule has 2 aromatic rings. The molecule has 6 heteroatoms. The SMILES string of the molecule is Nc1ncccc1C(=O)Nc1ccc(Cl)cc1Br. The largest absolute Gasteiger partial charge is 0.383 e. The second kappa shape index (κ2) is 5.37. The summed E-state index contributed by atoms with van der Waals surface area (Å²) in [6.45, 7) is 0. The lowest BCUT2D eigenvalue weighted by molar-refractivity contribution is 0.102. The minimum atomic E-state index is -0.316. The van der Waals surface area contributed by atoms with Crippen molar-refractivity contribution in [1.82, 2.24) is 4.98 Å². The van der Waals surface area contributed by atoms with Gasteiger partial charge in [-0.3, -0.25) is 4.79 Å². The molecule has 1 amide bonds. The number of hydrogen-bond acceptors (Lipinski definition) is 3. The monoisotopic (exact) mass is 325 g/mol. The van der Waals surface area contributed by atoms with Gasteiger partial charge in [0.1, 0.15) is 5.82 Å². The van der Waals surface area contributed by atoms with Gasteiger partial charge in [0.2, 0.25) is 0 Å². The fourth-order valence-electron chi connectivity index (χ4n) is 1.39. The number of nitrogen functional groups attached to an aromatic ring is 1. The van der Waals surface area contributed by atoms with Crippen molar-refractivity contribution in [3.8, 4) is 0 Å². The van der Waals surface area contributed by atoms with Crippen LogP contribution in [0.1, 0.15) is 10.4 Å². The first-order valence-corrected chi connectivity index (χ1v) is 6.22. The number of hydrogen-bond donors (Lipinski definition) is 2. The molecule has 1 aromatic heterocycles. The van der Waals surface area contributed by atoms with E-state index < -0.39 is 0 Å². The second-order valence-corrected chi connectivity index (χ2v) is 4.81. The summed E-state index contributed by atoms with van der Waals surface area (Å²) in [5, 5.41) is 3.31. The lowest BCUT2D eigenvalue weighted by Crippen LogP contribution is -2.14. The van der Waals surface area contributed by atoms with Crippen molar-refractivity contribution >= 4 is 44.9 Å². The maximum Gasteiger partial charge on any atom is 0.259 e. The van der Waals surface area contributed by atoms with Gasteiger partial charge >= 0.3 is 0 Å². The number of carbonyl (C=O) groups excluding carboxylic acids is 1. The molecule has 0 aliphatic heterocycles. The zero-order chi connectivity index (χ0) is 13.1. The summed E-state index contributed by atoms with van der Waals surface area (Å²) in [6.07, 6.45) is 1.53. The number of anilines is 2. The van der Waals surface area contributed by atoms with E-state index in [1.807, 2.05) is 0 Å². The summed E-state index contributed by atoms with van der Waals surface area (Å²) in [5.41, 5.74) is 6.58. The molecule has 0 unspecified atom stereocenters. The molecule has 0 atom stereocenters. The van der Waals surface area contributed by atoms with E-state index in [4.69, 9.17) is 17.3 Å². The maximum absolute atomic E-state index is 12.0. The van der Waals surface area contributed by atoms with E-state index >= 15 is 0 Å². The molecule has 18 heavy (non-hydrogen) atoms. The van der Waals surface area contributed by atoms with E-state index in [0.717, 1.165) is 0 Å². The van der Waals surface area contributed by atoms with Crippen molar-refractivity contribution in [2.75, 3.05) is 11.1 Å². The first-order chi connectivity index (χ1) is 8.58. The third kappa shape index (κ3) is 2.80. The Kier molecular flexibility index (Phi) is 3.84. The van der Waals surface area contributed by atoms with Crippen LogP contribution >= 0.6 is 27.5 Å². The number of nitrogens with two attached hydrogens (primary N) is 1. The van der Waals surface area contributed by atoms with Crippen molar-refractivity contribution in [3.63, 3.8) is 0 Å². The summed E-state index contributed by atoms with van der Waals surface area (Å²) >= 11 is 9.14. The Balaban J connectivity index is 2.24. The van der Waals surface area contributed by atoms with Gasteiger partial charge in [-0.25, -0.2) is 4.98 Å². The number of rotatable bonds is 2. The first kappa shape index (κ1) is 12.9. The van der Waals surface area contributed by atoms with Gasteiger partial charge in [-0.1, -0.05) is 11.6 Å². The molecule has 1 heterocycles. The third-order valence-corrected chi connectivity index (χ3v) is 3.15. The average molecular weight is 327 g/mol. The summed E-state index contributed by atoms with van der Waals surface area (Å²) in [4.78, 5) is 15.8. The molecule has 0 fully saturated rings. The summed E-state index contributed by atoms with van der Waals surface area (Å²) in [6, 6.07) is 8.36. The number of carbonyl (C=O) groups is 1. The molecule has 0 spiro atoms. The van der Waals surface area contributed by atoms with Gasteiger partial charge in [0.25, 0.3) is 5.91 Å². The lowest BCUT2D eigenvalue weighted by atomic mass is 10.2. The molecule has 0 radical (unpaired) electrons. The van der Waals surface area contributed by atoms with E-state index in [9.17, 15) is 4.79 Å². The fraction of sp³-hybridized carbons (Fsp3) is 0. The number of benzene rings is 1. The smallest absolute Gasteiger partial charge is 0.259 e. The van der Waals surface area contributed by atoms with Gasteiger partial charge < -0.3 is 11.1 Å². The number of halogens is 2. The topological polar surface area (TPSA) is 68.0 Å². The molecular weight excluding hydrogens is 318 g/mol. The van der Waals surface area contributed by atoms with Crippen LogP contribution in [-0.2, 0) is 0 Å². The van der Waals surface area contributed by atoms with Gasteiger partial charge in [0.15, 0.2) is 0 Å². The zero-order valence-corrected chi connectivity index (χ0v) is 11.5. The second-order valence-electron chi connectivity index (χ2n) is 3.51. The van der Waals surface area contributed by atoms with Crippen LogP contribution in [0.3, 0.4) is 0 Å². The summed E-state index contributed by atoms with van der Waals surface area (Å²) < 4.78 is 0.700. The molecule has 0 saturated carbocycles. The molecule has 2 rings (SSSR count). The Labute approximate surface area is 117 Å². The van der Waals surface area contributed by atoms with Crippen molar-refractivity contribution in [1.29, 1.82) is 0 Å². The first-order valence-electron chi connectivity index (χ1n) is 5.05. The molecule has 92 valence electrons. The molecule has 0 saturated heterocycles. The van der Waals surface area contributed by atoms with E-state index in [2.05, 4.69) is 26.2 Å². The quantitative estimate of drug-likeness (QED) is 0.889. The van der Waals surface area contributed by atoms with Crippen molar-refractivity contribution in [2.45, 2.75) is 0 Å². The van der Waals surface area contributed by atoms with E-state index in [1.54, 1.807) is 30.3 Å². The highest BCUT2D eigenvalue weighted by Gasteiger charge is 2.11.